The Morgan fingerprint density at radius 1 is 1.46 bits per heavy atom. The lowest BCUT2D eigenvalue weighted by Crippen LogP contribution is -2.28. The maximum atomic E-state index is 4.67. The molecule has 0 saturated heterocycles. The van der Waals surface area contributed by atoms with Gasteiger partial charge in [-0.1, -0.05) is 39.3 Å². The second-order valence-electron chi connectivity index (χ2n) is 4.80. The van der Waals surface area contributed by atoms with E-state index in [0.717, 1.165) is 11.8 Å². The summed E-state index contributed by atoms with van der Waals surface area (Å²) in [6.07, 6.45) is 9.95. The highest BCUT2D eigenvalue weighted by Crippen LogP contribution is 2.36. The molecule has 0 aliphatic heterocycles. The average Bonchev–Trinajstić information content (AvgIpc) is 2.04. The molecule has 1 heteroatoms. The van der Waals surface area contributed by atoms with Crippen LogP contribution in [0.25, 0.3) is 0 Å². The van der Waals surface area contributed by atoms with Crippen molar-refractivity contribution in [3.05, 3.63) is 12.2 Å². The Labute approximate surface area is 88.2 Å². The number of rotatable bonds is 3. The zero-order valence-electron chi connectivity index (χ0n) is 9.09. The van der Waals surface area contributed by atoms with Crippen LogP contribution < -0.4 is 0 Å². The summed E-state index contributed by atoms with van der Waals surface area (Å²) >= 11 is 4.67. The highest BCUT2D eigenvalue weighted by Gasteiger charge is 2.28. The number of hydrogen-bond donors (Lipinski definition) is 1. The van der Waals surface area contributed by atoms with E-state index in [4.69, 9.17) is 0 Å². The zero-order chi connectivity index (χ0) is 9.90. The van der Waals surface area contributed by atoms with Crippen LogP contribution in [0.5, 0.6) is 0 Å². The van der Waals surface area contributed by atoms with Crippen molar-refractivity contribution in [2.45, 2.75) is 51.2 Å². The Hall–Kier alpha value is 0.0900. The van der Waals surface area contributed by atoms with Gasteiger partial charge in [0, 0.05) is 4.75 Å². The summed E-state index contributed by atoms with van der Waals surface area (Å²) < 4.78 is 0.191. The summed E-state index contributed by atoms with van der Waals surface area (Å²) in [6.45, 7) is 6.75. The number of hydrogen-bond acceptors (Lipinski definition) is 1. The second-order valence-corrected chi connectivity index (χ2v) is 5.95. The van der Waals surface area contributed by atoms with Gasteiger partial charge in [0.2, 0.25) is 0 Å². The van der Waals surface area contributed by atoms with Gasteiger partial charge in [0.05, 0.1) is 0 Å². The van der Waals surface area contributed by atoms with Gasteiger partial charge in [-0.15, -0.1) is 0 Å². The molecule has 1 rings (SSSR count). The lowest BCUT2D eigenvalue weighted by atomic mass is 9.78. The largest absolute Gasteiger partial charge is 0.173 e. The third kappa shape index (κ3) is 3.38. The zero-order valence-corrected chi connectivity index (χ0v) is 9.98. The molecule has 0 spiro atoms. The summed E-state index contributed by atoms with van der Waals surface area (Å²) in [5.41, 5.74) is 0. The van der Waals surface area contributed by atoms with Crippen LogP contribution in [0, 0.1) is 11.8 Å². The lowest BCUT2D eigenvalue weighted by Gasteiger charge is -2.34. The molecule has 1 aliphatic carbocycles. The molecule has 76 valence electrons. The first-order chi connectivity index (χ1) is 6.04. The van der Waals surface area contributed by atoms with E-state index in [2.05, 4.69) is 45.6 Å². The van der Waals surface area contributed by atoms with Crippen molar-refractivity contribution in [1.82, 2.24) is 0 Å². The third-order valence-electron chi connectivity index (χ3n) is 3.07. The van der Waals surface area contributed by atoms with E-state index >= 15 is 0 Å². The standard InChI is InChI=1S/C12H22S/c1-4-6-10-7-5-8-11(9-10)12(2,3)13/h5,7,10-11,13H,4,6,8-9H2,1-3H3. The molecule has 0 aromatic rings. The minimum Gasteiger partial charge on any atom is -0.173 e. The van der Waals surface area contributed by atoms with Crippen LogP contribution in [-0.2, 0) is 0 Å². The lowest BCUT2D eigenvalue weighted by molar-refractivity contribution is 0.328. The monoisotopic (exact) mass is 198 g/mol. The second kappa shape index (κ2) is 4.54. The molecule has 0 fully saturated rings. The van der Waals surface area contributed by atoms with Crippen molar-refractivity contribution in [3.63, 3.8) is 0 Å². The van der Waals surface area contributed by atoms with Crippen LogP contribution in [0.2, 0.25) is 0 Å². The fourth-order valence-corrected chi connectivity index (χ4v) is 2.35. The van der Waals surface area contributed by atoms with Gasteiger partial charge in [0.25, 0.3) is 0 Å². The van der Waals surface area contributed by atoms with E-state index < -0.39 is 0 Å². The molecule has 0 radical (unpaired) electrons. The van der Waals surface area contributed by atoms with Crippen molar-refractivity contribution in [3.8, 4) is 0 Å². The molecule has 0 amide bonds. The minimum atomic E-state index is 0.191. The summed E-state index contributed by atoms with van der Waals surface area (Å²) in [5, 5.41) is 0. The molecule has 1 aliphatic rings. The van der Waals surface area contributed by atoms with Crippen LogP contribution in [0.1, 0.15) is 46.5 Å². The molecule has 0 bridgehead atoms. The Morgan fingerprint density at radius 3 is 2.69 bits per heavy atom. The topological polar surface area (TPSA) is 0 Å². The molecule has 0 aromatic carbocycles. The quantitative estimate of drug-likeness (QED) is 0.513. The predicted molar refractivity (Wildman–Crippen MR) is 63.3 cm³/mol. The summed E-state index contributed by atoms with van der Waals surface area (Å²) in [6, 6.07) is 0. The minimum absolute atomic E-state index is 0.191. The van der Waals surface area contributed by atoms with Crippen molar-refractivity contribution < 1.29 is 0 Å². The van der Waals surface area contributed by atoms with Gasteiger partial charge in [-0.05, 0) is 31.1 Å². The Morgan fingerprint density at radius 2 is 2.15 bits per heavy atom. The summed E-state index contributed by atoms with van der Waals surface area (Å²) in [5.74, 6) is 1.58. The van der Waals surface area contributed by atoms with Gasteiger partial charge < -0.3 is 0 Å². The molecule has 0 N–H and O–H groups in total. The van der Waals surface area contributed by atoms with Crippen molar-refractivity contribution in [2.75, 3.05) is 0 Å². The molecular formula is C12H22S. The van der Waals surface area contributed by atoms with Crippen LogP contribution in [0.4, 0.5) is 0 Å². The van der Waals surface area contributed by atoms with Gasteiger partial charge in [-0.25, -0.2) is 0 Å². The highest BCUT2D eigenvalue weighted by atomic mass is 32.1. The molecule has 2 atom stereocenters. The van der Waals surface area contributed by atoms with Gasteiger partial charge in [-0.3, -0.25) is 0 Å². The smallest absolute Gasteiger partial charge is 0.0104 e. The molecule has 0 heterocycles. The number of allylic oxidation sites excluding steroid dienone is 2. The first-order valence-electron chi connectivity index (χ1n) is 5.43. The highest BCUT2D eigenvalue weighted by molar-refractivity contribution is 7.81. The van der Waals surface area contributed by atoms with Crippen LogP contribution in [0.15, 0.2) is 12.2 Å². The van der Waals surface area contributed by atoms with Gasteiger partial charge in [-0.2, -0.15) is 12.6 Å². The van der Waals surface area contributed by atoms with Crippen LogP contribution in [0.3, 0.4) is 0 Å². The molecule has 0 nitrogen and oxygen atoms in total. The van der Waals surface area contributed by atoms with E-state index in [1.165, 1.54) is 25.7 Å². The Balaban J connectivity index is 2.51. The van der Waals surface area contributed by atoms with Crippen LogP contribution >= 0.6 is 12.6 Å². The number of thiol groups is 1. The van der Waals surface area contributed by atoms with Crippen molar-refractivity contribution in [2.24, 2.45) is 11.8 Å². The molecule has 13 heavy (non-hydrogen) atoms. The van der Waals surface area contributed by atoms with E-state index in [0.29, 0.717) is 0 Å². The molecular weight excluding hydrogens is 176 g/mol. The van der Waals surface area contributed by atoms with Gasteiger partial charge in [0.15, 0.2) is 0 Å². The first-order valence-corrected chi connectivity index (χ1v) is 5.87. The first kappa shape index (κ1) is 11.2. The van der Waals surface area contributed by atoms with E-state index in [1.807, 2.05) is 0 Å². The molecule has 2 unspecified atom stereocenters. The van der Waals surface area contributed by atoms with Crippen molar-refractivity contribution >= 4 is 12.6 Å². The fraction of sp³-hybridized carbons (Fsp3) is 0.833. The Bertz CT molecular complexity index is 176. The van der Waals surface area contributed by atoms with Crippen molar-refractivity contribution in [1.29, 1.82) is 0 Å². The maximum absolute atomic E-state index is 4.67. The fourth-order valence-electron chi connectivity index (χ4n) is 2.14. The van der Waals surface area contributed by atoms with Crippen LogP contribution in [-0.4, -0.2) is 4.75 Å². The Kier molecular flexibility index (Phi) is 3.90. The summed E-state index contributed by atoms with van der Waals surface area (Å²) in [7, 11) is 0. The van der Waals surface area contributed by atoms with Gasteiger partial charge in [0.1, 0.15) is 0 Å². The SMILES string of the molecule is CCCC1C=CCC(C(C)(C)S)C1. The van der Waals surface area contributed by atoms with E-state index in [1.54, 1.807) is 0 Å². The van der Waals surface area contributed by atoms with E-state index in [-0.39, 0.29) is 4.75 Å². The predicted octanol–water partition coefficient (Wildman–Crippen LogP) is 4.08. The normalized spacial score (nSPS) is 29.2. The maximum Gasteiger partial charge on any atom is 0.0104 e. The molecule has 0 aromatic heterocycles. The average molecular weight is 198 g/mol. The molecule has 0 saturated carbocycles. The summed E-state index contributed by atoms with van der Waals surface area (Å²) in [4.78, 5) is 0. The van der Waals surface area contributed by atoms with Gasteiger partial charge >= 0.3 is 0 Å². The van der Waals surface area contributed by atoms with E-state index in [9.17, 15) is 0 Å². The third-order valence-corrected chi connectivity index (χ3v) is 3.44.